The van der Waals surface area contributed by atoms with Gasteiger partial charge < -0.3 is 9.84 Å². The predicted molar refractivity (Wildman–Crippen MR) is 72.2 cm³/mol. The Morgan fingerprint density at radius 1 is 1.44 bits per heavy atom. The van der Waals surface area contributed by atoms with Crippen LogP contribution in [-0.2, 0) is 9.53 Å². The fourth-order valence-electron chi connectivity index (χ4n) is 2.40. The van der Waals surface area contributed by atoms with Crippen molar-refractivity contribution in [3.05, 3.63) is 12.7 Å². The maximum Gasteiger partial charge on any atom is 0.313 e. The minimum absolute atomic E-state index is 0.0280. The summed E-state index contributed by atoms with van der Waals surface area (Å²) in [6.07, 6.45) is 9.10. The lowest BCUT2D eigenvalue weighted by molar-refractivity contribution is -0.188. The quantitative estimate of drug-likeness (QED) is 0.370. The zero-order valence-corrected chi connectivity index (χ0v) is 11.4. The third-order valence-corrected chi connectivity index (χ3v) is 3.60. The molecule has 1 rings (SSSR count). The summed E-state index contributed by atoms with van der Waals surface area (Å²) in [5, 5.41) is 9.79. The van der Waals surface area contributed by atoms with Crippen molar-refractivity contribution in [2.75, 3.05) is 0 Å². The molecule has 3 heteroatoms. The Kier molecular flexibility index (Phi) is 7.02. The monoisotopic (exact) mass is 254 g/mol. The highest BCUT2D eigenvalue weighted by atomic mass is 16.6. The molecule has 0 saturated carbocycles. The fraction of sp³-hybridized carbons (Fsp3) is 0.800. The van der Waals surface area contributed by atoms with E-state index in [1.165, 1.54) is 19.3 Å². The predicted octanol–water partition coefficient (Wildman–Crippen LogP) is 3.22. The molecule has 3 atom stereocenters. The van der Waals surface area contributed by atoms with Crippen molar-refractivity contribution >= 4 is 5.97 Å². The molecule has 0 aromatic heterocycles. The highest BCUT2D eigenvalue weighted by molar-refractivity contribution is 5.78. The topological polar surface area (TPSA) is 46.5 Å². The van der Waals surface area contributed by atoms with E-state index in [9.17, 15) is 9.90 Å². The first-order valence-electron chi connectivity index (χ1n) is 7.18. The first-order valence-corrected chi connectivity index (χ1v) is 7.18. The largest absolute Gasteiger partial charge is 0.461 e. The maximum absolute atomic E-state index is 11.4. The number of esters is 1. The highest BCUT2D eigenvalue weighted by Crippen LogP contribution is 2.31. The molecule has 0 spiro atoms. The van der Waals surface area contributed by atoms with E-state index in [-0.39, 0.29) is 24.1 Å². The summed E-state index contributed by atoms with van der Waals surface area (Å²) >= 11 is 0. The smallest absolute Gasteiger partial charge is 0.313 e. The average molecular weight is 254 g/mol. The normalized spacial score (nSPS) is 24.2. The summed E-state index contributed by atoms with van der Waals surface area (Å²) in [6, 6.07) is 0. The number of carbonyl (C=O) groups excluding carboxylic acids is 1. The Hall–Kier alpha value is -0.830. The van der Waals surface area contributed by atoms with Gasteiger partial charge in [0.05, 0.1) is 12.0 Å². The van der Waals surface area contributed by atoms with Crippen LogP contribution in [0.2, 0.25) is 0 Å². The molecule has 104 valence electrons. The molecule has 0 aromatic carbocycles. The van der Waals surface area contributed by atoms with Crippen LogP contribution in [0.1, 0.15) is 58.3 Å². The van der Waals surface area contributed by atoms with Gasteiger partial charge in [-0.05, 0) is 19.3 Å². The number of allylic oxidation sites excluding steroid dienone is 1. The van der Waals surface area contributed by atoms with Gasteiger partial charge in [0, 0.05) is 6.42 Å². The first kappa shape index (κ1) is 15.2. The Bertz CT molecular complexity index is 262. The van der Waals surface area contributed by atoms with E-state index < -0.39 is 0 Å². The Balaban J connectivity index is 2.20. The van der Waals surface area contributed by atoms with Crippen molar-refractivity contribution in [3.63, 3.8) is 0 Å². The Labute approximate surface area is 110 Å². The van der Waals surface area contributed by atoms with E-state index in [0.29, 0.717) is 12.8 Å². The molecule has 0 aromatic rings. The van der Waals surface area contributed by atoms with Gasteiger partial charge >= 0.3 is 5.97 Å². The van der Waals surface area contributed by atoms with Gasteiger partial charge in [0.1, 0.15) is 6.10 Å². The van der Waals surface area contributed by atoms with E-state index in [2.05, 4.69) is 13.5 Å². The molecule has 1 N–H and O–H groups in total. The van der Waals surface area contributed by atoms with Crippen LogP contribution in [0.25, 0.3) is 0 Å². The Morgan fingerprint density at radius 2 is 2.22 bits per heavy atom. The van der Waals surface area contributed by atoms with Gasteiger partial charge in [0.25, 0.3) is 0 Å². The second kappa shape index (κ2) is 8.30. The van der Waals surface area contributed by atoms with Gasteiger partial charge in [-0.25, -0.2) is 0 Å². The molecule has 1 saturated heterocycles. The molecule has 1 heterocycles. The number of cyclic esters (lactones) is 1. The number of carbonyl (C=O) groups is 1. The van der Waals surface area contributed by atoms with Crippen LogP contribution in [0, 0.1) is 5.92 Å². The summed E-state index contributed by atoms with van der Waals surface area (Å²) in [6.45, 7) is 5.81. The standard InChI is InChI=1S/C15H26O3/c1-3-5-7-8-10-13-14(18-15(13)17)11-12(16)9-6-4-2/h4,12-14,16H,2-3,5-11H2,1H3/t12-,13+,14+/m0/s1. The molecule has 1 aliphatic heterocycles. The van der Waals surface area contributed by atoms with E-state index >= 15 is 0 Å². The zero-order valence-electron chi connectivity index (χ0n) is 11.4. The molecular formula is C15H26O3. The van der Waals surface area contributed by atoms with Crippen LogP contribution in [0.5, 0.6) is 0 Å². The molecule has 0 amide bonds. The minimum atomic E-state index is -0.376. The van der Waals surface area contributed by atoms with Crippen LogP contribution < -0.4 is 0 Å². The molecule has 1 aliphatic rings. The van der Waals surface area contributed by atoms with Crippen molar-refractivity contribution in [1.29, 1.82) is 0 Å². The van der Waals surface area contributed by atoms with Gasteiger partial charge in [0.2, 0.25) is 0 Å². The van der Waals surface area contributed by atoms with Crippen molar-refractivity contribution < 1.29 is 14.6 Å². The van der Waals surface area contributed by atoms with Crippen molar-refractivity contribution in [2.24, 2.45) is 5.92 Å². The molecule has 0 unspecified atom stereocenters. The number of rotatable bonds is 10. The fourth-order valence-corrected chi connectivity index (χ4v) is 2.40. The molecule has 0 bridgehead atoms. The summed E-state index contributed by atoms with van der Waals surface area (Å²) < 4.78 is 5.13. The lowest BCUT2D eigenvalue weighted by atomic mass is 9.87. The second-order valence-electron chi connectivity index (χ2n) is 5.19. The van der Waals surface area contributed by atoms with E-state index in [4.69, 9.17) is 4.74 Å². The van der Waals surface area contributed by atoms with Gasteiger partial charge in [-0.2, -0.15) is 0 Å². The molecule has 0 radical (unpaired) electrons. The number of aliphatic hydroxyl groups excluding tert-OH is 1. The lowest BCUT2D eigenvalue weighted by Gasteiger charge is -2.36. The number of hydrogen-bond acceptors (Lipinski definition) is 3. The number of unbranched alkanes of at least 4 members (excludes halogenated alkanes) is 3. The van der Waals surface area contributed by atoms with Crippen molar-refractivity contribution in [3.8, 4) is 0 Å². The van der Waals surface area contributed by atoms with Crippen LogP contribution in [0.4, 0.5) is 0 Å². The highest BCUT2D eigenvalue weighted by Gasteiger charge is 2.42. The number of hydrogen-bond donors (Lipinski definition) is 1. The summed E-state index contributed by atoms with van der Waals surface area (Å²) in [5.41, 5.74) is 0. The molecular weight excluding hydrogens is 228 g/mol. The zero-order chi connectivity index (χ0) is 13.4. The van der Waals surface area contributed by atoms with Crippen molar-refractivity contribution in [1.82, 2.24) is 0 Å². The SMILES string of the molecule is C=CCC[C@H](O)C[C@H]1OC(=O)[C@@H]1CCCCCC. The Morgan fingerprint density at radius 3 is 2.83 bits per heavy atom. The van der Waals surface area contributed by atoms with Gasteiger partial charge in [-0.3, -0.25) is 4.79 Å². The lowest BCUT2D eigenvalue weighted by Crippen LogP contribution is -2.46. The minimum Gasteiger partial charge on any atom is -0.461 e. The first-order chi connectivity index (χ1) is 8.69. The van der Waals surface area contributed by atoms with Crippen LogP contribution in [-0.4, -0.2) is 23.3 Å². The van der Waals surface area contributed by atoms with Crippen molar-refractivity contribution in [2.45, 2.75) is 70.5 Å². The van der Waals surface area contributed by atoms with Crippen LogP contribution in [0.3, 0.4) is 0 Å². The van der Waals surface area contributed by atoms with Crippen LogP contribution in [0.15, 0.2) is 12.7 Å². The molecule has 3 nitrogen and oxygen atoms in total. The van der Waals surface area contributed by atoms with Gasteiger partial charge in [-0.15, -0.1) is 6.58 Å². The van der Waals surface area contributed by atoms with E-state index in [0.717, 1.165) is 19.3 Å². The van der Waals surface area contributed by atoms with E-state index in [1.807, 2.05) is 0 Å². The number of ether oxygens (including phenoxy) is 1. The third kappa shape index (κ3) is 4.81. The summed E-state index contributed by atoms with van der Waals surface area (Å²) in [5.74, 6) is -0.0485. The second-order valence-corrected chi connectivity index (χ2v) is 5.19. The maximum atomic E-state index is 11.4. The summed E-state index contributed by atoms with van der Waals surface area (Å²) in [4.78, 5) is 11.4. The van der Waals surface area contributed by atoms with Gasteiger partial charge in [0.15, 0.2) is 0 Å². The summed E-state index contributed by atoms with van der Waals surface area (Å²) in [7, 11) is 0. The average Bonchev–Trinajstić information content (AvgIpc) is 2.35. The molecule has 0 aliphatic carbocycles. The van der Waals surface area contributed by atoms with E-state index in [1.54, 1.807) is 6.08 Å². The molecule has 18 heavy (non-hydrogen) atoms. The number of aliphatic hydroxyl groups is 1. The van der Waals surface area contributed by atoms with Gasteiger partial charge in [-0.1, -0.05) is 38.7 Å². The molecule has 1 fully saturated rings. The van der Waals surface area contributed by atoms with Crippen LogP contribution >= 0.6 is 0 Å². The third-order valence-electron chi connectivity index (χ3n) is 3.60.